The van der Waals surface area contributed by atoms with Crippen LogP contribution in [0.1, 0.15) is 52.4 Å². The lowest BCUT2D eigenvalue weighted by Gasteiger charge is -2.62. The van der Waals surface area contributed by atoms with Crippen molar-refractivity contribution in [2.75, 3.05) is 0 Å². The number of aliphatic carboxylic acids is 1. The molecule has 0 aliphatic heterocycles. The molecule has 0 aromatic heterocycles. The minimum absolute atomic E-state index is 0.00683. The SMILES string of the molecule is CC(=O)N[C@@H](C)[C@@]12C[C@@H]3C[C@@H](C[C@@](C(=O)O)(C3)C1)C2. The smallest absolute Gasteiger partial charge is 0.309 e. The Kier molecular flexibility index (Phi) is 2.70. The van der Waals surface area contributed by atoms with Crippen molar-refractivity contribution in [3.63, 3.8) is 0 Å². The second kappa shape index (κ2) is 3.97. The third-order valence-corrected chi connectivity index (χ3v) is 5.90. The molecule has 4 aliphatic rings. The van der Waals surface area contributed by atoms with Gasteiger partial charge in [-0.2, -0.15) is 0 Å². The lowest BCUT2D eigenvalue weighted by atomic mass is 9.43. The molecule has 0 radical (unpaired) electrons. The van der Waals surface area contributed by atoms with Crippen molar-refractivity contribution in [3.05, 3.63) is 0 Å². The molecule has 19 heavy (non-hydrogen) atoms. The Labute approximate surface area is 113 Å². The van der Waals surface area contributed by atoms with Gasteiger partial charge in [0.25, 0.3) is 0 Å². The maximum atomic E-state index is 11.8. The Hall–Kier alpha value is -1.06. The van der Waals surface area contributed by atoms with E-state index in [0.29, 0.717) is 11.8 Å². The van der Waals surface area contributed by atoms with Crippen molar-refractivity contribution in [2.24, 2.45) is 22.7 Å². The summed E-state index contributed by atoms with van der Waals surface area (Å²) >= 11 is 0. The van der Waals surface area contributed by atoms with E-state index in [9.17, 15) is 14.7 Å². The Morgan fingerprint density at radius 1 is 1.21 bits per heavy atom. The molecule has 4 fully saturated rings. The van der Waals surface area contributed by atoms with E-state index in [1.807, 2.05) is 0 Å². The average molecular weight is 265 g/mol. The maximum absolute atomic E-state index is 11.8. The van der Waals surface area contributed by atoms with Crippen LogP contribution in [0.2, 0.25) is 0 Å². The molecule has 0 unspecified atom stereocenters. The van der Waals surface area contributed by atoms with Gasteiger partial charge in [0.05, 0.1) is 5.41 Å². The number of hydrogen-bond donors (Lipinski definition) is 2. The first-order chi connectivity index (χ1) is 8.85. The summed E-state index contributed by atoms with van der Waals surface area (Å²) in [6.45, 7) is 3.61. The Balaban J connectivity index is 1.91. The third kappa shape index (κ3) is 1.87. The van der Waals surface area contributed by atoms with Crippen LogP contribution in [0.3, 0.4) is 0 Å². The second-order valence-corrected chi connectivity index (χ2v) is 7.33. The van der Waals surface area contributed by atoms with Crippen molar-refractivity contribution >= 4 is 11.9 Å². The fraction of sp³-hybridized carbons (Fsp3) is 0.867. The summed E-state index contributed by atoms with van der Waals surface area (Å²) in [6.07, 6.45) is 5.86. The number of carbonyl (C=O) groups excluding carboxylic acids is 1. The molecule has 0 aromatic carbocycles. The number of amides is 1. The van der Waals surface area contributed by atoms with Crippen LogP contribution in [0.25, 0.3) is 0 Å². The van der Waals surface area contributed by atoms with Crippen molar-refractivity contribution < 1.29 is 14.7 Å². The summed E-state index contributed by atoms with van der Waals surface area (Å²) in [4.78, 5) is 23.1. The maximum Gasteiger partial charge on any atom is 0.309 e. The highest BCUT2D eigenvalue weighted by molar-refractivity contribution is 5.76. The molecule has 4 aliphatic carbocycles. The van der Waals surface area contributed by atoms with Gasteiger partial charge in [-0.05, 0) is 62.7 Å². The molecule has 5 atom stereocenters. The van der Waals surface area contributed by atoms with Crippen LogP contribution in [-0.2, 0) is 9.59 Å². The molecular weight excluding hydrogens is 242 g/mol. The first-order valence-electron chi connectivity index (χ1n) is 7.36. The summed E-state index contributed by atoms with van der Waals surface area (Å²) < 4.78 is 0. The van der Waals surface area contributed by atoms with E-state index in [1.54, 1.807) is 6.92 Å². The van der Waals surface area contributed by atoms with E-state index in [-0.39, 0.29) is 17.4 Å². The highest BCUT2D eigenvalue weighted by atomic mass is 16.4. The van der Waals surface area contributed by atoms with Crippen molar-refractivity contribution in [1.29, 1.82) is 0 Å². The zero-order valence-electron chi connectivity index (χ0n) is 11.7. The Morgan fingerprint density at radius 2 is 1.79 bits per heavy atom. The molecular formula is C15H23NO3. The van der Waals surface area contributed by atoms with E-state index >= 15 is 0 Å². The van der Waals surface area contributed by atoms with Crippen LogP contribution in [0, 0.1) is 22.7 Å². The van der Waals surface area contributed by atoms with Crippen molar-refractivity contribution in [2.45, 2.75) is 58.4 Å². The number of carboxylic acids is 1. The van der Waals surface area contributed by atoms with Gasteiger partial charge in [-0.1, -0.05) is 0 Å². The van der Waals surface area contributed by atoms with Gasteiger partial charge in [0.1, 0.15) is 0 Å². The number of hydrogen-bond acceptors (Lipinski definition) is 2. The minimum atomic E-state index is -0.610. The van der Waals surface area contributed by atoms with E-state index in [4.69, 9.17) is 0 Å². The number of carbonyl (C=O) groups is 2. The van der Waals surface area contributed by atoms with Gasteiger partial charge >= 0.3 is 5.97 Å². The highest BCUT2D eigenvalue weighted by Gasteiger charge is 2.62. The fourth-order valence-electron chi connectivity index (χ4n) is 5.55. The van der Waals surface area contributed by atoms with Crippen LogP contribution in [0.15, 0.2) is 0 Å². The lowest BCUT2D eigenvalue weighted by molar-refractivity contribution is -0.177. The number of rotatable bonds is 3. The summed E-state index contributed by atoms with van der Waals surface area (Å²) in [5.41, 5.74) is -0.481. The third-order valence-electron chi connectivity index (χ3n) is 5.90. The van der Waals surface area contributed by atoms with Crippen molar-refractivity contribution in [1.82, 2.24) is 5.32 Å². The van der Waals surface area contributed by atoms with Crippen LogP contribution >= 0.6 is 0 Å². The van der Waals surface area contributed by atoms with Gasteiger partial charge in [-0.3, -0.25) is 9.59 Å². The Morgan fingerprint density at radius 3 is 2.26 bits per heavy atom. The normalized spacial score (nSPS) is 44.9. The molecule has 0 spiro atoms. The largest absolute Gasteiger partial charge is 0.481 e. The van der Waals surface area contributed by atoms with E-state index in [1.165, 1.54) is 6.42 Å². The van der Waals surface area contributed by atoms with E-state index in [0.717, 1.165) is 32.1 Å². The monoisotopic (exact) mass is 265 g/mol. The second-order valence-electron chi connectivity index (χ2n) is 7.33. The molecule has 4 bridgehead atoms. The van der Waals surface area contributed by atoms with Gasteiger partial charge < -0.3 is 10.4 Å². The zero-order chi connectivity index (χ0) is 13.8. The van der Waals surface area contributed by atoms with Gasteiger partial charge in [0, 0.05) is 13.0 Å². The molecule has 106 valence electrons. The van der Waals surface area contributed by atoms with Crippen LogP contribution in [0.4, 0.5) is 0 Å². The zero-order valence-corrected chi connectivity index (χ0v) is 11.7. The molecule has 4 saturated carbocycles. The highest BCUT2D eigenvalue weighted by Crippen LogP contribution is 2.66. The predicted molar refractivity (Wildman–Crippen MR) is 70.5 cm³/mol. The van der Waals surface area contributed by atoms with Crippen LogP contribution in [-0.4, -0.2) is 23.0 Å². The molecule has 0 saturated heterocycles. The molecule has 4 rings (SSSR count). The van der Waals surface area contributed by atoms with Gasteiger partial charge in [-0.25, -0.2) is 0 Å². The van der Waals surface area contributed by atoms with Crippen LogP contribution < -0.4 is 5.32 Å². The molecule has 4 nitrogen and oxygen atoms in total. The summed E-state index contributed by atoms with van der Waals surface area (Å²) in [6, 6.07) is 0.0922. The van der Waals surface area contributed by atoms with Gasteiger partial charge in [0.2, 0.25) is 5.91 Å². The summed E-state index contributed by atoms with van der Waals surface area (Å²) in [5.74, 6) is 0.482. The Bertz CT molecular complexity index is 417. The number of nitrogens with one attached hydrogen (secondary N) is 1. The quantitative estimate of drug-likeness (QED) is 0.822. The average Bonchev–Trinajstić information content (AvgIpc) is 2.25. The minimum Gasteiger partial charge on any atom is -0.481 e. The topological polar surface area (TPSA) is 66.4 Å². The van der Waals surface area contributed by atoms with Gasteiger partial charge in [0.15, 0.2) is 0 Å². The molecule has 4 heteroatoms. The molecule has 0 heterocycles. The first-order valence-corrected chi connectivity index (χ1v) is 7.36. The standard InChI is InChI=1S/C15H23NO3/c1-9(16-10(2)17)14-4-11-3-12(5-14)7-15(6-11,8-14)13(18)19/h9,11-12H,3-8H2,1-2H3,(H,16,17)(H,18,19)/t9-,11-,12+,14+,15-/m0/s1. The van der Waals surface area contributed by atoms with E-state index in [2.05, 4.69) is 12.2 Å². The summed E-state index contributed by atoms with van der Waals surface area (Å²) in [7, 11) is 0. The molecule has 2 N–H and O–H groups in total. The fourth-order valence-corrected chi connectivity index (χ4v) is 5.55. The van der Waals surface area contributed by atoms with Crippen molar-refractivity contribution in [3.8, 4) is 0 Å². The predicted octanol–water partition coefficient (Wildman–Crippen LogP) is 2.18. The van der Waals surface area contributed by atoms with Gasteiger partial charge in [-0.15, -0.1) is 0 Å². The lowest BCUT2D eigenvalue weighted by Crippen LogP contribution is -2.60. The first kappa shape index (κ1) is 12.9. The summed E-state index contributed by atoms with van der Waals surface area (Å²) in [5, 5.41) is 12.7. The van der Waals surface area contributed by atoms with E-state index < -0.39 is 11.4 Å². The van der Waals surface area contributed by atoms with Crippen LogP contribution in [0.5, 0.6) is 0 Å². The molecule has 1 amide bonds. The molecule has 0 aromatic rings. The number of carboxylic acid groups (broad SMARTS) is 1.